The van der Waals surface area contributed by atoms with E-state index in [2.05, 4.69) is 20.0 Å². The fourth-order valence-electron chi connectivity index (χ4n) is 2.62. The quantitative estimate of drug-likeness (QED) is 0.717. The highest BCUT2D eigenvalue weighted by atomic mass is 32.2. The van der Waals surface area contributed by atoms with Crippen LogP contribution in [-0.2, 0) is 23.0 Å². The van der Waals surface area contributed by atoms with Crippen LogP contribution in [0.4, 0.5) is 0 Å². The summed E-state index contributed by atoms with van der Waals surface area (Å²) in [4.78, 5) is 20.2. The van der Waals surface area contributed by atoms with Crippen LogP contribution in [-0.4, -0.2) is 36.0 Å². The van der Waals surface area contributed by atoms with Gasteiger partial charge < -0.3 is 10.4 Å². The molecule has 3 heterocycles. The van der Waals surface area contributed by atoms with Gasteiger partial charge >= 0.3 is 5.97 Å². The Bertz CT molecular complexity index is 864. The van der Waals surface area contributed by atoms with Crippen molar-refractivity contribution in [2.24, 2.45) is 0 Å². The molecule has 2 aromatic rings. The van der Waals surface area contributed by atoms with Crippen LogP contribution in [0.25, 0.3) is 0 Å². The third-order valence-corrected chi connectivity index (χ3v) is 7.03. The number of rotatable bonds is 5. The van der Waals surface area contributed by atoms with E-state index in [0.29, 0.717) is 30.8 Å². The molecular formula is C14H16N4O4S2. The maximum Gasteiger partial charge on any atom is 0.338 e. The fourth-order valence-corrected chi connectivity index (χ4v) is 5.71. The first kappa shape index (κ1) is 17.0. The summed E-state index contributed by atoms with van der Waals surface area (Å²) >= 11 is 1.01. The highest BCUT2D eigenvalue weighted by Crippen LogP contribution is 2.34. The summed E-state index contributed by atoms with van der Waals surface area (Å²) in [5.74, 6) is -1.22. The zero-order valence-corrected chi connectivity index (χ0v) is 14.4. The third-order valence-electron chi connectivity index (χ3n) is 3.73. The molecule has 3 N–H and O–H groups in total. The predicted molar refractivity (Wildman–Crippen MR) is 87.5 cm³/mol. The number of thiophene rings is 1. The molecule has 0 aliphatic carbocycles. The lowest BCUT2D eigenvalue weighted by Crippen LogP contribution is -2.28. The number of fused-ring (bicyclic) bond motifs is 1. The van der Waals surface area contributed by atoms with Crippen molar-refractivity contribution in [3.63, 3.8) is 0 Å². The lowest BCUT2D eigenvalue weighted by atomic mass is 10.1. The number of nitrogens with one attached hydrogen (secondary N) is 2. The molecule has 24 heavy (non-hydrogen) atoms. The number of carboxylic acids is 1. The second kappa shape index (κ2) is 6.55. The van der Waals surface area contributed by atoms with Crippen molar-refractivity contribution in [1.29, 1.82) is 0 Å². The Morgan fingerprint density at radius 3 is 2.96 bits per heavy atom. The molecule has 0 aromatic carbocycles. The van der Waals surface area contributed by atoms with Gasteiger partial charge in [0.1, 0.15) is 10.5 Å². The van der Waals surface area contributed by atoms with Crippen LogP contribution in [0.3, 0.4) is 0 Å². The molecule has 0 radical (unpaired) electrons. The van der Waals surface area contributed by atoms with Crippen molar-refractivity contribution in [1.82, 2.24) is 20.0 Å². The Labute approximate surface area is 143 Å². The second-order valence-electron chi connectivity index (χ2n) is 5.38. The van der Waals surface area contributed by atoms with Gasteiger partial charge in [-0.05, 0) is 31.5 Å². The minimum absolute atomic E-state index is 0.112. The molecule has 0 saturated heterocycles. The van der Waals surface area contributed by atoms with E-state index in [0.717, 1.165) is 16.2 Å². The van der Waals surface area contributed by atoms with Crippen LogP contribution < -0.4 is 10.0 Å². The average molecular weight is 368 g/mol. The van der Waals surface area contributed by atoms with Gasteiger partial charge in [0.05, 0.1) is 17.3 Å². The normalized spacial score (nSPS) is 15.7. The van der Waals surface area contributed by atoms with Gasteiger partial charge in [0.15, 0.2) is 0 Å². The molecule has 0 amide bonds. The lowest BCUT2D eigenvalue weighted by molar-refractivity contribution is 0.0692. The second-order valence-corrected chi connectivity index (χ2v) is 8.39. The summed E-state index contributed by atoms with van der Waals surface area (Å²) in [6, 6.07) is 1.01. The van der Waals surface area contributed by atoms with E-state index in [9.17, 15) is 18.3 Å². The molecule has 1 aliphatic heterocycles. The minimum Gasteiger partial charge on any atom is -0.478 e. The number of hydrogen-bond donors (Lipinski definition) is 3. The zero-order chi connectivity index (χ0) is 17.3. The number of hydrogen-bond acceptors (Lipinski definition) is 7. The molecule has 0 spiro atoms. The number of nitrogens with zero attached hydrogens (tertiary/aromatic N) is 2. The monoisotopic (exact) mass is 368 g/mol. The van der Waals surface area contributed by atoms with Crippen LogP contribution >= 0.6 is 11.3 Å². The first-order valence-corrected chi connectivity index (χ1v) is 9.57. The van der Waals surface area contributed by atoms with E-state index in [-0.39, 0.29) is 9.77 Å². The molecule has 0 saturated carbocycles. The van der Waals surface area contributed by atoms with Gasteiger partial charge in [0, 0.05) is 17.6 Å². The van der Waals surface area contributed by atoms with Crippen LogP contribution in [0.5, 0.6) is 0 Å². The zero-order valence-electron chi connectivity index (χ0n) is 12.8. The Morgan fingerprint density at radius 1 is 1.50 bits per heavy atom. The van der Waals surface area contributed by atoms with Crippen molar-refractivity contribution < 1.29 is 18.3 Å². The van der Waals surface area contributed by atoms with Crippen LogP contribution in [0.2, 0.25) is 0 Å². The molecule has 3 rings (SSSR count). The van der Waals surface area contributed by atoms with Crippen molar-refractivity contribution in [2.75, 3.05) is 6.54 Å². The molecule has 0 fully saturated rings. The van der Waals surface area contributed by atoms with Crippen molar-refractivity contribution in [3.8, 4) is 0 Å². The maximum atomic E-state index is 12.7. The fraction of sp³-hybridized carbons (Fsp3) is 0.357. The first-order valence-electron chi connectivity index (χ1n) is 7.27. The van der Waals surface area contributed by atoms with E-state index in [1.165, 1.54) is 12.5 Å². The van der Waals surface area contributed by atoms with Gasteiger partial charge in [-0.3, -0.25) is 0 Å². The van der Waals surface area contributed by atoms with Crippen LogP contribution in [0.1, 0.15) is 39.5 Å². The standard InChI is InChI=1S/C14H16N4O4S2/c1-8(10-3-5-16-7-17-10)18-24(21,22)14-12(13(19)20)9-2-4-15-6-11(9)23-14/h3,5,7-8,15,18H,2,4,6H2,1H3,(H,19,20). The van der Waals surface area contributed by atoms with E-state index >= 15 is 0 Å². The Balaban J connectivity index is 1.98. The Kier molecular flexibility index (Phi) is 4.63. The van der Waals surface area contributed by atoms with Gasteiger partial charge in [0.2, 0.25) is 0 Å². The van der Waals surface area contributed by atoms with Crippen molar-refractivity contribution >= 4 is 27.3 Å². The third kappa shape index (κ3) is 3.18. The smallest absolute Gasteiger partial charge is 0.338 e. The molecular weight excluding hydrogens is 352 g/mol. The van der Waals surface area contributed by atoms with E-state index in [4.69, 9.17) is 0 Å². The van der Waals surface area contributed by atoms with Gasteiger partial charge in [-0.1, -0.05) is 0 Å². The number of carbonyl (C=O) groups is 1. The Morgan fingerprint density at radius 2 is 2.29 bits per heavy atom. The SMILES string of the molecule is CC(NS(=O)(=O)c1sc2c(c1C(=O)O)CCNC2)c1ccncn1. The molecule has 8 nitrogen and oxygen atoms in total. The topological polar surface area (TPSA) is 121 Å². The van der Waals surface area contributed by atoms with Gasteiger partial charge in [0.25, 0.3) is 10.0 Å². The van der Waals surface area contributed by atoms with E-state index < -0.39 is 22.0 Å². The predicted octanol–water partition coefficient (Wildman–Crippen LogP) is 0.921. The van der Waals surface area contributed by atoms with Crippen molar-refractivity contribution in [3.05, 3.63) is 40.3 Å². The molecule has 1 atom stereocenters. The largest absolute Gasteiger partial charge is 0.478 e. The molecule has 1 unspecified atom stereocenters. The summed E-state index contributed by atoms with van der Waals surface area (Å²) in [6.07, 6.45) is 3.36. The molecule has 1 aliphatic rings. The van der Waals surface area contributed by atoms with Gasteiger partial charge in [-0.25, -0.2) is 27.9 Å². The maximum absolute atomic E-state index is 12.7. The van der Waals surface area contributed by atoms with Gasteiger partial charge in [-0.2, -0.15) is 0 Å². The molecule has 128 valence electrons. The summed E-state index contributed by atoms with van der Waals surface area (Å²) in [6.45, 7) is 2.76. The van der Waals surface area contributed by atoms with Crippen molar-refractivity contribution in [2.45, 2.75) is 30.1 Å². The lowest BCUT2D eigenvalue weighted by Gasteiger charge is -2.13. The summed E-state index contributed by atoms with van der Waals surface area (Å²) in [5, 5.41) is 12.6. The van der Waals surface area contributed by atoms with Crippen LogP contribution in [0, 0.1) is 0 Å². The molecule has 2 aromatic heterocycles. The van der Waals surface area contributed by atoms with E-state index in [1.807, 2.05) is 0 Å². The summed E-state index contributed by atoms with van der Waals surface area (Å²) < 4.78 is 27.8. The minimum atomic E-state index is -3.98. The Hall–Kier alpha value is -1.88. The molecule has 10 heteroatoms. The van der Waals surface area contributed by atoms with E-state index in [1.54, 1.807) is 13.0 Å². The number of aromatic nitrogens is 2. The van der Waals surface area contributed by atoms with Crippen LogP contribution in [0.15, 0.2) is 22.8 Å². The first-order chi connectivity index (χ1) is 11.4. The summed E-state index contributed by atoms with van der Waals surface area (Å²) in [5.41, 5.74) is 1.01. The number of sulfonamides is 1. The number of carboxylic acid groups (broad SMARTS) is 1. The highest BCUT2D eigenvalue weighted by molar-refractivity contribution is 7.91. The van der Waals surface area contributed by atoms with Gasteiger partial charge in [-0.15, -0.1) is 11.3 Å². The average Bonchev–Trinajstić information content (AvgIpc) is 2.96. The number of aromatic carboxylic acids is 1. The highest BCUT2D eigenvalue weighted by Gasteiger charge is 2.32. The molecule has 0 bridgehead atoms. The summed E-state index contributed by atoms with van der Waals surface area (Å²) in [7, 11) is -3.98.